The van der Waals surface area contributed by atoms with E-state index in [1.54, 1.807) is 11.8 Å². The number of nitrogens with one attached hydrogen (secondary N) is 1. The Morgan fingerprint density at radius 3 is 2.71 bits per heavy atom. The summed E-state index contributed by atoms with van der Waals surface area (Å²) in [4.78, 5) is 27.5. The quantitative estimate of drug-likeness (QED) is 0.410. The van der Waals surface area contributed by atoms with Crippen molar-refractivity contribution in [2.45, 2.75) is 44.7 Å². The SMILES string of the molecule is COCCC(=O)NCCCN1CCC[C@@H]1Cn1nc(Cc2ccc(Cl)cc2)c2ccccc2c1=O. The average molecular weight is 497 g/mol. The molecule has 1 saturated heterocycles. The largest absolute Gasteiger partial charge is 0.384 e. The molecule has 1 aliphatic heterocycles. The third-order valence-corrected chi connectivity index (χ3v) is 6.84. The maximum absolute atomic E-state index is 13.3. The van der Waals surface area contributed by atoms with Crippen molar-refractivity contribution in [1.82, 2.24) is 20.0 Å². The van der Waals surface area contributed by atoms with Gasteiger partial charge in [0.25, 0.3) is 5.56 Å². The van der Waals surface area contributed by atoms with E-state index < -0.39 is 0 Å². The van der Waals surface area contributed by atoms with E-state index in [1.807, 2.05) is 48.5 Å². The van der Waals surface area contributed by atoms with Crippen molar-refractivity contribution in [2.24, 2.45) is 0 Å². The molecule has 8 heteroatoms. The molecular formula is C27H33ClN4O3. The van der Waals surface area contributed by atoms with Crippen LogP contribution in [0.2, 0.25) is 5.02 Å². The van der Waals surface area contributed by atoms with Crippen molar-refractivity contribution in [3.63, 3.8) is 0 Å². The first kappa shape index (κ1) is 25.4. The number of hydrogen-bond acceptors (Lipinski definition) is 5. The first-order valence-electron chi connectivity index (χ1n) is 12.3. The average Bonchev–Trinajstić information content (AvgIpc) is 3.31. The van der Waals surface area contributed by atoms with Gasteiger partial charge in [-0.05, 0) is 49.6 Å². The highest BCUT2D eigenvalue weighted by molar-refractivity contribution is 6.30. The van der Waals surface area contributed by atoms with Gasteiger partial charge in [-0.1, -0.05) is 41.9 Å². The molecule has 186 valence electrons. The summed E-state index contributed by atoms with van der Waals surface area (Å²) in [5.74, 6) is 0.0185. The van der Waals surface area contributed by atoms with Gasteiger partial charge in [-0.15, -0.1) is 0 Å². The van der Waals surface area contributed by atoms with E-state index in [2.05, 4.69) is 10.2 Å². The van der Waals surface area contributed by atoms with Crippen LogP contribution in [0, 0.1) is 0 Å². The zero-order valence-corrected chi connectivity index (χ0v) is 21.0. The van der Waals surface area contributed by atoms with Crippen LogP contribution in [-0.4, -0.2) is 60.0 Å². The van der Waals surface area contributed by atoms with Crippen molar-refractivity contribution in [3.8, 4) is 0 Å². The number of benzene rings is 2. The normalized spacial score (nSPS) is 16.1. The Morgan fingerprint density at radius 1 is 1.17 bits per heavy atom. The second-order valence-electron chi connectivity index (χ2n) is 9.06. The van der Waals surface area contributed by atoms with E-state index in [0.29, 0.717) is 42.9 Å². The van der Waals surface area contributed by atoms with Gasteiger partial charge in [0.05, 0.1) is 24.2 Å². The molecule has 2 aromatic carbocycles. The number of carbonyl (C=O) groups excluding carboxylic acids is 1. The van der Waals surface area contributed by atoms with E-state index in [9.17, 15) is 9.59 Å². The van der Waals surface area contributed by atoms with Crippen LogP contribution >= 0.6 is 11.6 Å². The minimum absolute atomic E-state index is 0.0185. The molecule has 1 fully saturated rings. The number of halogens is 1. The molecule has 0 saturated carbocycles. The number of methoxy groups -OCH3 is 1. The number of nitrogens with zero attached hydrogens (tertiary/aromatic N) is 3. The summed E-state index contributed by atoms with van der Waals surface area (Å²) in [7, 11) is 1.59. The topological polar surface area (TPSA) is 76.5 Å². The van der Waals surface area contributed by atoms with Crippen LogP contribution in [0.5, 0.6) is 0 Å². The summed E-state index contributed by atoms with van der Waals surface area (Å²) in [5.41, 5.74) is 1.95. The van der Waals surface area contributed by atoms with E-state index >= 15 is 0 Å². The Labute approximate surface area is 211 Å². The number of fused-ring (bicyclic) bond motifs is 1. The third kappa shape index (κ3) is 6.69. The van der Waals surface area contributed by atoms with Gasteiger partial charge in [-0.2, -0.15) is 5.10 Å². The first-order chi connectivity index (χ1) is 17.0. The van der Waals surface area contributed by atoms with Gasteiger partial charge in [0.15, 0.2) is 0 Å². The summed E-state index contributed by atoms with van der Waals surface area (Å²) >= 11 is 6.05. The fraction of sp³-hybridized carbons (Fsp3) is 0.444. The van der Waals surface area contributed by atoms with E-state index in [0.717, 1.165) is 49.0 Å². The molecule has 7 nitrogen and oxygen atoms in total. The lowest BCUT2D eigenvalue weighted by Crippen LogP contribution is -2.39. The molecule has 35 heavy (non-hydrogen) atoms. The van der Waals surface area contributed by atoms with Gasteiger partial charge in [0, 0.05) is 49.5 Å². The first-order valence-corrected chi connectivity index (χ1v) is 12.7. The van der Waals surface area contributed by atoms with Crippen LogP contribution < -0.4 is 10.9 Å². The zero-order valence-electron chi connectivity index (χ0n) is 20.2. The highest BCUT2D eigenvalue weighted by Gasteiger charge is 2.25. The summed E-state index contributed by atoms with van der Waals surface area (Å²) in [6, 6.07) is 15.7. The predicted octanol–water partition coefficient (Wildman–Crippen LogP) is 3.65. The smallest absolute Gasteiger partial charge is 0.274 e. The standard InChI is InChI=1S/C27H33ClN4O3/c1-35-17-13-26(33)29-14-5-16-31-15-4-6-22(31)19-32-27(34)24-8-3-2-7-23(24)25(30-32)18-20-9-11-21(28)12-10-20/h2-3,7-12,22H,4-6,13-19H2,1H3,(H,29,33)/t22-/m1/s1. The monoisotopic (exact) mass is 496 g/mol. The fourth-order valence-corrected chi connectivity index (χ4v) is 4.87. The second-order valence-corrected chi connectivity index (χ2v) is 9.50. The number of amides is 1. The van der Waals surface area contributed by atoms with Crippen molar-refractivity contribution >= 4 is 28.3 Å². The molecule has 0 bridgehead atoms. The van der Waals surface area contributed by atoms with Crippen molar-refractivity contribution < 1.29 is 9.53 Å². The van der Waals surface area contributed by atoms with Crippen LogP contribution in [-0.2, 0) is 22.5 Å². The summed E-state index contributed by atoms with van der Waals surface area (Å²) in [6.45, 7) is 3.54. The molecule has 1 aliphatic rings. The van der Waals surface area contributed by atoms with Crippen LogP contribution in [0.3, 0.4) is 0 Å². The summed E-state index contributed by atoms with van der Waals surface area (Å²) < 4.78 is 6.60. The molecule has 3 aromatic rings. The van der Waals surface area contributed by atoms with E-state index in [4.69, 9.17) is 21.4 Å². The van der Waals surface area contributed by atoms with Crippen LogP contribution in [0.1, 0.15) is 36.9 Å². The van der Waals surface area contributed by atoms with E-state index in [-0.39, 0.29) is 17.5 Å². The predicted molar refractivity (Wildman–Crippen MR) is 139 cm³/mol. The molecule has 1 N–H and O–H groups in total. The van der Waals surface area contributed by atoms with Crippen molar-refractivity contribution in [2.75, 3.05) is 33.4 Å². The lowest BCUT2D eigenvalue weighted by molar-refractivity contribution is -0.121. The molecule has 2 heterocycles. The zero-order chi connectivity index (χ0) is 24.6. The Hall–Kier alpha value is -2.74. The van der Waals surface area contributed by atoms with Crippen molar-refractivity contribution in [3.05, 3.63) is 75.2 Å². The van der Waals surface area contributed by atoms with E-state index in [1.165, 1.54) is 0 Å². The molecule has 4 rings (SSSR count). The maximum Gasteiger partial charge on any atom is 0.274 e. The fourth-order valence-electron chi connectivity index (χ4n) is 4.74. The highest BCUT2D eigenvalue weighted by Crippen LogP contribution is 2.21. The Kier molecular flexibility index (Phi) is 8.90. The molecular weight excluding hydrogens is 464 g/mol. The minimum atomic E-state index is -0.0438. The van der Waals surface area contributed by atoms with Crippen LogP contribution in [0.15, 0.2) is 53.3 Å². The number of aromatic nitrogens is 2. The third-order valence-electron chi connectivity index (χ3n) is 6.59. The van der Waals surface area contributed by atoms with Crippen LogP contribution in [0.25, 0.3) is 10.8 Å². The van der Waals surface area contributed by atoms with Gasteiger partial charge >= 0.3 is 0 Å². The number of carbonyl (C=O) groups is 1. The van der Waals surface area contributed by atoms with Crippen molar-refractivity contribution in [1.29, 1.82) is 0 Å². The van der Waals surface area contributed by atoms with Gasteiger partial charge in [0.2, 0.25) is 5.91 Å². The molecule has 0 unspecified atom stereocenters. The molecule has 1 amide bonds. The Morgan fingerprint density at radius 2 is 1.94 bits per heavy atom. The summed E-state index contributed by atoms with van der Waals surface area (Å²) in [5, 5.41) is 10.1. The highest BCUT2D eigenvalue weighted by atomic mass is 35.5. The molecule has 0 radical (unpaired) electrons. The van der Waals surface area contributed by atoms with Gasteiger partial charge in [0.1, 0.15) is 0 Å². The minimum Gasteiger partial charge on any atom is -0.384 e. The molecule has 1 aromatic heterocycles. The van der Waals surface area contributed by atoms with Gasteiger partial charge < -0.3 is 10.1 Å². The summed E-state index contributed by atoms with van der Waals surface area (Å²) in [6.07, 6.45) is 4.03. The molecule has 0 spiro atoms. The number of ether oxygens (including phenoxy) is 1. The molecule has 0 aliphatic carbocycles. The van der Waals surface area contributed by atoms with Gasteiger partial charge in [-0.3, -0.25) is 14.5 Å². The lowest BCUT2D eigenvalue weighted by Gasteiger charge is -2.25. The second kappa shape index (κ2) is 12.3. The lowest BCUT2D eigenvalue weighted by atomic mass is 10.0. The number of hydrogen-bond donors (Lipinski definition) is 1. The maximum atomic E-state index is 13.3. The van der Waals surface area contributed by atoms with Gasteiger partial charge in [-0.25, -0.2) is 4.68 Å². The number of rotatable bonds is 11. The number of likely N-dealkylation sites (tertiary alicyclic amines) is 1. The van der Waals surface area contributed by atoms with Crippen LogP contribution in [0.4, 0.5) is 0 Å². The molecule has 1 atom stereocenters. The Balaban J connectivity index is 1.46. The Bertz CT molecular complexity index is 1200.